The highest BCUT2D eigenvalue weighted by molar-refractivity contribution is 8.00. The molecule has 0 spiro atoms. The predicted molar refractivity (Wildman–Crippen MR) is 106 cm³/mol. The van der Waals surface area contributed by atoms with Crippen molar-refractivity contribution in [3.05, 3.63) is 53.1 Å². The van der Waals surface area contributed by atoms with Crippen LogP contribution in [0, 0.1) is 6.92 Å². The smallest absolute Gasteiger partial charge is 0.234 e. The summed E-state index contributed by atoms with van der Waals surface area (Å²) in [7, 11) is 0. The van der Waals surface area contributed by atoms with Crippen LogP contribution in [0.1, 0.15) is 25.3 Å². The monoisotopic (exact) mass is 376 g/mol. The molecule has 0 aliphatic heterocycles. The number of aryl methyl sites for hydroxylation is 1. The van der Waals surface area contributed by atoms with Crippen LogP contribution in [0.4, 0.5) is 11.4 Å². The molecule has 0 bridgehead atoms. The molecule has 25 heavy (non-hydrogen) atoms. The van der Waals surface area contributed by atoms with E-state index in [1.54, 1.807) is 6.07 Å². The molecule has 2 N–H and O–H groups in total. The number of hydrogen-bond acceptors (Lipinski definition) is 3. The third-order valence-corrected chi connectivity index (χ3v) is 4.86. The Morgan fingerprint density at radius 2 is 1.64 bits per heavy atom. The average molecular weight is 377 g/mol. The Labute approximate surface area is 157 Å². The van der Waals surface area contributed by atoms with E-state index in [0.717, 1.165) is 22.6 Å². The van der Waals surface area contributed by atoms with Crippen molar-refractivity contribution in [2.45, 2.75) is 31.6 Å². The quantitative estimate of drug-likeness (QED) is 0.659. The maximum absolute atomic E-state index is 12.0. The summed E-state index contributed by atoms with van der Waals surface area (Å²) < 4.78 is 0. The maximum atomic E-state index is 12.0. The first-order valence-electron chi connectivity index (χ1n) is 8.06. The molecule has 0 aliphatic carbocycles. The number of anilines is 2. The maximum Gasteiger partial charge on any atom is 0.234 e. The average Bonchev–Trinajstić information content (AvgIpc) is 2.58. The number of thioether (sulfide) groups is 1. The number of carbonyl (C=O) groups is 2. The molecule has 0 heterocycles. The van der Waals surface area contributed by atoms with E-state index >= 15 is 0 Å². The number of nitrogens with one attached hydrogen (secondary N) is 2. The predicted octanol–water partition coefficient (Wildman–Crippen LogP) is 5.12. The molecule has 0 saturated carbocycles. The molecule has 0 fully saturated rings. The van der Waals surface area contributed by atoms with E-state index in [1.807, 2.05) is 50.2 Å². The fourth-order valence-electron chi connectivity index (χ4n) is 2.10. The van der Waals surface area contributed by atoms with Crippen LogP contribution in [0.2, 0.25) is 5.02 Å². The first kappa shape index (κ1) is 19.3. The zero-order valence-corrected chi connectivity index (χ0v) is 15.8. The van der Waals surface area contributed by atoms with Gasteiger partial charge in [0.1, 0.15) is 0 Å². The Kier molecular flexibility index (Phi) is 7.34. The van der Waals surface area contributed by atoms with Gasteiger partial charge in [0.05, 0.1) is 5.75 Å². The summed E-state index contributed by atoms with van der Waals surface area (Å²) in [4.78, 5) is 24.6. The molecule has 0 aromatic heterocycles. The molecule has 0 unspecified atom stereocenters. The Hall–Kier alpha value is -1.98. The van der Waals surface area contributed by atoms with Gasteiger partial charge in [0.2, 0.25) is 11.8 Å². The van der Waals surface area contributed by atoms with Crippen molar-refractivity contribution in [2.75, 3.05) is 16.4 Å². The molecule has 132 valence electrons. The normalized spacial score (nSPS) is 10.4. The Morgan fingerprint density at radius 3 is 2.28 bits per heavy atom. The van der Waals surface area contributed by atoms with Gasteiger partial charge in [0.25, 0.3) is 0 Å². The molecule has 2 aromatic carbocycles. The lowest BCUT2D eigenvalue weighted by Crippen LogP contribution is -2.14. The molecule has 2 rings (SSSR count). The standard InChI is InChI=1S/C19H21ClN2O2S/c1-3-4-18(23)21-14-7-9-16(10-8-14)25-12-19(24)22-15-6-5-13(2)17(20)11-15/h5-11H,3-4,12H2,1-2H3,(H,21,23)(H,22,24). The lowest BCUT2D eigenvalue weighted by molar-refractivity contribution is -0.116. The van der Waals surface area contributed by atoms with Gasteiger partial charge in [-0.25, -0.2) is 0 Å². The molecule has 0 aliphatic rings. The fourth-order valence-corrected chi connectivity index (χ4v) is 2.98. The molecule has 2 amide bonds. The van der Waals surface area contributed by atoms with Crippen LogP contribution in [0.5, 0.6) is 0 Å². The number of hydrogen-bond donors (Lipinski definition) is 2. The number of carbonyl (C=O) groups excluding carboxylic acids is 2. The van der Waals surface area contributed by atoms with E-state index < -0.39 is 0 Å². The van der Waals surface area contributed by atoms with E-state index in [0.29, 0.717) is 22.9 Å². The van der Waals surface area contributed by atoms with E-state index in [-0.39, 0.29) is 11.8 Å². The first-order chi connectivity index (χ1) is 12.0. The van der Waals surface area contributed by atoms with Gasteiger partial charge in [0, 0.05) is 27.7 Å². The van der Waals surface area contributed by atoms with E-state index in [9.17, 15) is 9.59 Å². The second-order valence-corrected chi connectivity index (χ2v) is 7.08. The molecular formula is C19H21ClN2O2S. The Morgan fingerprint density at radius 1 is 1.00 bits per heavy atom. The summed E-state index contributed by atoms with van der Waals surface area (Å²) in [5, 5.41) is 6.30. The van der Waals surface area contributed by atoms with Gasteiger partial charge in [-0.15, -0.1) is 11.8 Å². The van der Waals surface area contributed by atoms with Crippen LogP contribution in [-0.4, -0.2) is 17.6 Å². The van der Waals surface area contributed by atoms with Crippen LogP contribution >= 0.6 is 23.4 Å². The molecule has 2 aromatic rings. The van der Waals surface area contributed by atoms with Crippen LogP contribution in [0.3, 0.4) is 0 Å². The van der Waals surface area contributed by atoms with Crippen LogP contribution in [0.25, 0.3) is 0 Å². The minimum absolute atomic E-state index is 0.0130. The van der Waals surface area contributed by atoms with Crippen LogP contribution < -0.4 is 10.6 Å². The van der Waals surface area contributed by atoms with Crippen LogP contribution in [0.15, 0.2) is 47.4 Å². The molecule has 4 nitrogen and oxygen atoms in total. The third-order valence-electron chi connectivity index (χ3n) is 3.44. The van der Waals surface area contributed by atoms with Gasteiger partial charge in [-0.1, -0.05) is 24.6 Å². The molecule has 0 radical (unpaired) electrons. The highest BCUT2D eigenvalue weighted by Gasteiger charge is 2.06. The number of rotatable bonds is 7. The second-order valence-electron chi connectivity index (χ2n) is 5.62. The lowest BCUT2D eigenvalue weighted by atomic mass is 10.2. The minimum atomic E-state index is -0.0924. The van der Waals surface area contributed by atoms with Gasteiger partial charge in [0.15, 0.2) is 0 Å². The second kappa shape index (κ2) is 9.49. The zero-order valence-electron chi connectivity index (χ0n) is 14.3. The van der Waals surface area contributed by atoms with Gasteiger partial charge in [-0.3, -0.25) is 9.59 Å². The number of halogens is 1. The van der Waals surface area contributed by atoms with Crippen molar-refractivity contribution in [1.82, 2.24) is 0 Å². The van der Waals surface area contributed by atoms with Crippen molar-refractivity contribution in [1.29, 1.82) is 0 Å². The summed E-state index contributed by atoms with van der Waals surface area (Å²) in [6.07, 6.45) is 1.33. The Bertz CT molecular complexity index is 748. The lowest BCUT2D eigenvalue weighted by Gasteiger charge is -2.08. The zero-order chi connectivity index (χ0) is 18.2. The third kappa shape index (κ3) is 6.44. The van der Waals surface area contributed by atoms with Gasteiger partial charge in [-0.05, 0) is 55.3 Å². The van der Waals surface area contributed by atoms with Crippen molar-refractivity contribution in [3.63, 3.8) is 0 Å². The van der Waals surface area contributed by atoms with E-state index in [4.69, 9.17) is 11.6 Å². The molecule has 0 saturated heterocycles. The number of amides is 2. The molecule has 6 heteroatoms. The minimum Gasteiger partial charge on any atom is -0.326 e. The first-order valence-corrected chi connectivity index (χ1v) is 9.43. The summed E-state index contributed by atoms with van der Waals surface area (Å²) in [6, 6.07) is 12.9. The molecular weight excluding hydrogens is 356 g/mol. The van der Waals surface area contributed by atoms with Crippen molar-refractivity contribution >= 4 is 46.6 Å². The number of benzene rings is 2. The van der Waals surface area contributed by atoms with E-state index in [1.165, 1.54) is 11.8 Å². The van der Waals surface area contributed by atoms with Crippen LogP contribution in [-0.2, 0) is 9.59 Å². The molecule has 0 atom stereocenters. The highest BCUT2D eigenvalue weighted by Crippen LogP contribution is 2.22. The van der Waals surface area contributed by atoms with Crippen molar-refractivity contribution in [2.24, 2.45) is 0 Å². The highest BCUT2D eigenvalue weighted by atomic mass is 35.5. The topological polar surface area (TPSA) is 58.2 Å². The summed E-state index contributed by atoms with van der Waals surface area (Å²) in [5.74, 6) is 0.219. The van der Waals surface area contributed by atoms with Gasteiger partial charge in [-0.2, -0.15) is 0 Å². The SMILES string of the molecule is CCCC(=O)Nc1ccc(SCC(=O)Nc2ccc(C)c(Cl)c2)cc1. The largest absolute Gasteiger partial charge is 0.326 e. The summed E-state index contributed by atoms with van der Waals surface area (Å²) in [5.41, 5.74) is 2.43. The van der Waals surface area contributed by atoms with Gasteiger partial charge >= 0.3 is 0 Å². The van der Waals surface area contributed by atoms with Crippen molar-refractivity contribution < 1.29 is 9.59 Å². The van der Waals surface area contributed by atoms with E-state index in [2.05, 4.69) is 10.6 Å². The summed E-state index contributed by atoms with van der Waals surface area (Å²) in [6.45, 7) is 3.88. The summed E-state index contributed by atoms with van der Waals surface area (Å²) >= 11 is 7.49. The Balaban J connectivity index is 1.83. The van der Waals surface area contributed by atoms with Gasteiger partial charge < -0.3 is 10.6 Å². The fraction of sp³-hybridized carbons (Fsp3) is 0.263. The van der Waals surface area contributed by atoms with Crippen molar-refractivity contribution in [3.8, 4) is 0 Å².